The molecule has 0 amide bonds. The van der Waals surface area contributed by atoms with Crippen molar-refractivity contribution in [2.24, 2.45) is 5.92 Å². The highest BCUT2D eigenvalue weighted by Crippen LogP contribution is 2.34. The molecule has 1 unspecified atom stereocenters. The Balaban J connectivity index is 2.17. The van der Waals surface area contributed by atoms with E-state index in [9.17, 15) is 18.3 Å². The van der Waals surface area contributed by atoms with E-state index in [1.807, 2.05) is 0 Å². The molecule has 0 bridgehead atoms. The summed E-state index contributed by atoms with van der Waals surface area (Å²) in [5.41, 5.74) is -0.121. The smallest absolute Gasteiger partial charge is 0.161 e. The molecular formula is C15H19F3O. The topological polar surface area (TPSA) is 20.2 Å². The Morgan fingerprint density at radius 1 is 0.842 bits per heavy atom. The third-order valence-corrected chi connectivity index (χ3v) is 3.95. The largest absolute Gasteiger partial charge is 0.388 e. The van der Waals surface area contributed by atoms with Crippen LogP contribution in [0, 0.1) is 23.4 Å². The molecule has 1 nitrogen and oxygen atoms in total. The standard InChI is InChI=1S/C15H19F3O/c16-12-9-14(18)13(17)8-11(12)15(19)10-6-4-2-1-3-5-7-10/h8-10,15,19H,1-7H2. The van der Waals surface area contributed by atoms with Crippen LogP contribution in [0.1, 0.15) is 56.6 Å². The molecule has 1 atom stereocenters. The van der Waals surface area contributed by atoms with Crippen molar-refractivity contribution in [3.8, 4) is 0 Å². The first-order chi connectivity index (χ1) is 9.09. The summed E-state index contributed by atoms with van der Waals surface area (Å²) in [5, 5.41) is 10.2. The Kier molecular flexibility index (Phi) is 4.86. The molecule has 0 aliphatic heterocycles. The van der Waals surface area contributed by atoms with E-state index in [4.69, 9.17) is 0 Å². The van der Waals surface area contributed by atoms with E-state index in [-0.39, 0.29) is 11.5 Å². The number of rotatable bonds is 2. The number of aliphatic hydroxyl groups is 1. The van der Waals surface area contributed by atoms with E-state index in [1.54, 1.807) is 0 Å². The van der Waals surface area contributed by atoms with Gasteiger partial charge in [0, 0.05) is 11.6 Å². The maximum absolute atomic E-state index is 13.7. The van der Waals surface area contributed by atoms with Crippen LogP contribution in [-0.4, -0.2) is 5.11 Å². The van der Waals surface area contributed by atoms with Gasteiger partial charge < -0.3 is 5.11 Å². The lowest BCUT2D eigenvalue weighted by Gasteiger charge is -2.25. The van der Waals surface area contributed by atoms with Gasteiger partial charge in [-0.25, -0.2) is 13.2 Å². The molecule has 0 saturated heterocycles. The van der Waals surface area contributed by atoms with Crippen LogP contribution in [0.3, 0.4) is 0 Å². The summed E-state index contributed by atoms with van der Waals surface area (Å²) in [7, 11) is 0. The van der Waals surface area contributed by atoms with Crippen LogP contribution in [0.4, 0.5) is 13.2 Å². The Labute approximate surface area is 111 Å². The van der Waals surface area contributed by atoms with Crippen molar-refractivity contribution in [2.45, 2.75) is 51.0 Å². The van der Waals surface area contributed by atoms with Gasteiger partial charge in [-0.1, -0.05) is 32.1 Å². The van der Waals surface area contributed by atoms with Gasteiger partial charge in [-0.05, 0) is 24.8 Å². The molecule has 1 N–H and O–H groups in total. The van der Waals surface area contributed by atoms with Gasteiger partial charge >= 0.3 is 0 Å². The fraction of sp³-hybridized carbons (Fsp3) is 0.600. The fourth-order valence-electron chi connectivity index (χ4n) is 2.82. The van der Waals surface area contributed by atoms with E-state index in [1.165, 1.54) is 6.42 Å². The lowest BCUT2D eigenvalue weighted by atomic mass is 9.84. The molecule has 1 aromatic rings. The van der Waals surface area contributed by atoms with Crippen LogP contribution in [0.2, 0.25) is 0 Å². The highest BCUT2D eigenvalue weighted by atomic mass is 19.2. The van der Waals surface area contributed by atoms with Crippen LogP contribution < -0.4 is 0 Å². The van der Waals surface area contributed by atoms with Crippen molar-refractivity contribution < 1.29 is 18.3 Å². The molecule has 1 fully saturated rings. The predicted molar refractivity (Wildman–Crippen MR) is 67.1 cm³/mol. The number of hydrogen-bond donors (Lipinski definition) is 1. The second-order valence-corrected chi connectivity index (χ2v) is 5.34. The number of benzene rings is 1. The van der Waals surface area contributed by atoms with Crippen LogP contribution >= 0.6 is 0 Å². The molecule has 1 saturated carbocycles. The van der Waals surface area contributed by atoms with Gasteiger partial charge in [0.25, 0.3) is 0 Å². The molecule has 106 valence electrons. The Morgan fingerprint density at radius 2 is 1.37 bits per heavy atom. The van der Waals surface area contributed by atoms with Gasteiger partial charge in [0.1, 0.15) is 5.82 Å². The maximum atomic E-state index is 13.7. The van der Waals surface area contributed by atoms with Crippen molar-refractivity contribution in [3.05, 3.63) is 35.1 Å². The highest BCUT2D eigenvalue weighted by Gasteiger charge is 2.25. The van der Waals surface area contributed by atoms with Crippen LogP contribution in [-0.2, 0) is 0 Å². The minimum absolute atomic E-state index is 0.0698. The Hall–Kier alpha value is -1.03. The zero-order valence-electron chi connectivity index (χ0n) is 10.8. The van der Waals surface area contributed by atoms with Crippen molar-refractivity contribution in [1.29, 1.82) is 0 Å². The van der Waals surface area contributed by atoms with Crippen molar-refractivity contribution >= 4 is 0 Å². The molecule has 2 rings (SSSR count). The van der Waals surface area contributed by atoms with Gasteiger partial charge in [-0.3, -0.25) is 0 Å². The van der Waals surface area contributed by atoms with E-state index in [0.29, 0.717) is 6.07 Å². The first-order valence-electron chi connectivity index (χ1n) is 6.92. The molecule has 0 spiro atoms. The minimum Gasteiger partial charge on any atom is -0.388 e. The molecule has 0 radical (unpaired) electrons. The van der Waals surface area contributed by atoms with Gasteiger partial charge in [0.2, 0.25) is 0 Å². The summed E-state index contributed by atoms with van der Waals surface area (Å²) in [6, 6.07) is 1.30. The zero-order chi connectivity index (χ0) is 13.8. The molecule has 0 aromatic heterocycles. The monoisotopic (exact) mass is 272 g/mol. The van der Waals surface area contributed by atoms with Crippen molar-refractivity contribution in [1.82, 2.24) is 0 Å². The number of aliphatic hydroxyl groups excluding tert-OH is 1. The SMILES string of the molecule is OC(c1cc(F)c(F)cc1F)C1CCCCCCC1. The summed E-state index contributed by atoms with van der Waals surface area (Å²) >= 11 is 0. The first kappa shape index (κ1) is 14.4. The van der Waals surface area contributed by atoms with Gasteiger partial charge in [-0.15, -0.1) is 0 Å². The van der Waals surface area contributed by atoms with E-state index in [2.05, 4.69) is 0 Å². The first-order valence-corrected chi connectivity index (χ1v) is 6.92. The van der Waals surface area contributed by atoms with E-state index >= 15 is 0 Å². The van der Waals surface area contributed by atoms with Crippen LogP contribution in [0.25, 0.3) is 0 Å². The number of hydrogen-bond acceptors (Lipinski definition) is 1. The lowest BCUT2D eigenvalue weighted by Crippen LogP contribution is -2.16. The minimum atomic E-state index is -1.22. The van der Waals surface area contributed by atoms with Crippen LogP contribution in [0.15, 0.2) is 12.1 Å². The zero-order valence-corrected chi connectivity index (χ0v) is 10.8. The van der Waals surface area contributed by atoms with Crippen molar-refractivity contribution in [2.75, 3.05) is 0 Å². The fourth-order valence-corrected chi connectivity index (χ4v) is 2.82. The molecule has 1 aromatic carbocycles. The second-order valence-electron chi connectivity index (χ2n) is 5.34. The van der Waals surface area contributed by atoms with Gasteiger partial charge in [0.15, 0.2) is 11.6 Å². The number of halogens is 3. The van der Waals surface area contributed by atoms with Gasteiger partial charge in [-0.2, -0.15) is 0 Å². The molecule has 1 aliphatic carbocycles. The Morgan fingerprint density at radius 3 is 2.00 bits per heavy atom. The summed E-state index contributed by atoms with van der Waals surface area (Å²) in [6.45, 7) is 0. The summed E-state index contributed by atoms with van der Waals surface area (Å²) in [5.74, 6) is -3.26. The second kappa shape index (κ2) is 6.42. The average Bonchev–Trinajstić information content (AvgIpc) is 2.32. The molecule has 0 heterocycles. The van der Waals surface area contributed by atoms with Crippen molar-refractivity contribution in [3.63, 3.8) is 0 Å². The third kappa shape index (κ3) is 3.50. The van der Waals surface area contributed by atoms with E-state index in [0.717, 1.165) is 44.6 Å². The third-order valence-electron chi connectivity index (χ3n) is 3.95. The average molecular weight is 272 g/mol. The summed E-state index contributed by atoms with van der Waals surface area (Å²) in [4.78, 5) is 0. The summed E-state index contributed by atoms with van der Waals surface area (Å²) in [6.07, 6.45) is 5.97. The normalized spacial score (nSPS) is 19.8. The van der Waals surface area contributed by atoms with E-state index < -0.39 is 23.6 Å². The maximum Gasteiger partial charge on any atom is 0.161 e. The predicted octanol–water partition coefficient (Wildman–Crippen LogP) is 4.50. The molecular weight excluding hydrogens is 253 g/mol. The molecule has 1 aliphatic rings. The Bertz CT molecular complexity index is 426. The molecule has 4 heteroatoms. The summed E-state index contributed by atoms with van der Waals surface area (Å²) < 4.78 is 39.7. The molecule has 19 heavy (non-hydrogen) atoms. The van der Waals surface area contributed by atoms with Crippen LogP contribution in [0.5, 0.6) is 0 Å². The lowest BCUT2D eigenvalue weighted by molar-refractivity contribution is 0.0874. The van der Waals surface area contributed by atoms with Gasteiger partial charge in [0.05, 0.1) is 6.10 Å². The highest BCUT2D eigenvalue weighted by molar-refractivity contribution is 5.22. The quantitative estimate of drug-likeness (QED) is 0.786.